The van der Waals surface area contributed by atoms with E-state index < -0.39 is 30.3 Å². The fourth-order valence-corrected chi connectivity index (χ4v) is 0.644. The Hall–Kier alpha value is -1.39. The summed E-state index contributed by atoms with van der Waals surface area (Å²) in [5.74, 6) is -0.871. The van der Waals surface area contributed by atoms with Crippen molar-refractivity contribution in [2.75, 3.05) is 6.61 Å². The molecule has 0 saturated carbocycles. The van der Waals surface area contributed by atoms with Crippen LogP contribution in [0.2, 0.25) is 0 Å². The lowest BCUT2D eigenvalue weighted by Gasteiger charge is -2.31. The van der Waals surface area contributed by atoms with E-state index in [-0.39, 0.29) is 6.92 Å². The zero-order valence-corrected chi connectivity index (χ0v) is 7.87. The van der Waals surface area contributed by atoms with Gasteiger partial charge in [-0.2, -0.15) is 26.3 Å². The number of alkyl halides is 6. The van der Waals surface area contributed by atoms with Crippen LogP contribution in [0.25, 0.3) is 0 Å². The van der Waals surface area contributed by atoms with Crippen LogP contribution in [0, 0.1) is 17.8 Å². The van der Waals surface area contributed by atoms with Gasteiger partial charge in [-0.25, -0.2) is 0 Å². The van der Waals surface area contributed by atoms with Crippen LogP contribution in [-0.2, 0) is 9.53 Å². The Balaban J connectivity index is 5.29. The molecule has 92 valence electrons. The summed E-state index contributed by atoms with van der Waals surface area (Å²) in [7, 11) is 0. The van der Waals surface area contributed by atoms with Gasteiger partial charge in [-0.1, -0.05) is 5.92 Å². The van der Waals surface area contributed by atoms with Gasteiger partial charge in [0.05, 0.1) is 0 Å². The zero-order chi connectivity index (χ0) is 13.2. The van der Waals surface area contributed by atoms with E-state index in [1.54, 1.807) is 5.92 Å². The van der Waals surface area contributed by atoms with Gasteiger partial charge in [0.1, 0.15) is 0 Å². The number of rotatable bonds is 2. The second-order valence-corrected chi connectivity index (χ2v) is 2.90. The number of carbonyl (C=O) groups excluding carboxylic acids is 1. The molecule has 0 aliphatic carbocycles. The van der Waals surface area contributed by atoms with Gasteiger partial charge in [0, 0.05) is 0 Å². The van der Waals surface area contributed by atoms with Crippen molar-refractivity contribution < 1.29 is 35.9 Å². The van der Waals surface area contributed by atoms with E-state index in [0.29, 0.717) is 0 Å². The van der Waals surface area contributed by atoms with Crippen molar-refractivity contribution in [2.45, 2.75) is 19.3 Å². The van der Waals surface area contributed by atoms with Crippen LogP contribution in [0.5, 0.6) is 0 Å². The van der Waals surface area contributed by atoms with Gasteiger partial charge in [-0.3, -0.25) is 4.79 Å². The zero-order valence-electron chi connectivity index (χ0n) is 7.87. The maximum absolute atomic E-state index is 12.2. The SMILES string of the molecule is C#CCOC(=O)C(C)(C(F)(F)F)C(F)(F)F. The highest BCUT2D eigenvalue weighted by atomic mass is 19.4. The third kappa shape index (κ3) is 2.40. The smallest absolute Gasteiger partial charge is 0.413 e. The van der Waals surface area contributed by atoms with Crippen molar-refractivity contribution in [2.24, 2.45) is 5.41 Å². The fraction of sp³-hybridized carbons (Fsp3) is 0.625. The first-order chi connectivity index (χ1) is 6.98. The maximum atomic E-state index is 12.2. The first kappa shape index (κ1) is 14.6. The van der Waals surface area contributed by atoms with Crippen LogP contribution in [0.3, 0.4) is 0 Å². The Morgan fingerprint density at radius 2 is 1.56 bits per heavy atom. The molecule has 0 aliphatic rings. The minimum atomic E-state index is -5.81. The van der Waals surface area contributed by atoms with Crippen molar-refractivity contribution in [3.63, 3.8) is 0 Å². The molecule has 0 aromatic rings. The summed E-state index contributed by atoms with van der Waals surface area (Å²) < 4.78 is 76.9. The van der Waals surface area contributed by atoms with E-state index in [9.17, 15) is 31.1 Å². The monoisotopic (exact) mass is 248 g/mol. The predicted molar refractivity (Wildman–Crippen MR) is 40.0 cm³/mol. The number of carbonyl (C=O) groups is 1. The first-order valence-electron chi connectivity index (χ1n) is 3.72. The number of hydrogen-bond acceptors (Lipinski definition) is 2. The van der Waals surface area contributed by atoms with Gasteiger partial charge in [0.15, 0.2) is 6.61 Å². The molecule has 0 spiro atoms. The summed E-state index contributed by atoms with van der Waals surface area (Å²) in [6.45, 7) is -1.26. The molecular weight excluding hydrogens is 242 g/mol. The minimum Gasteiger partial charge on any atom is -0.452 e. The summed E-state index contributed by atoms with van der Waals surface area (Å²) in [5, 5.41) is 0. The highest BCUT2D eigenvalue weighted by Crippen LogP contribution is 2.50. The first-order valence-corrected chi connectivity index (χ1v) is 3.72. The Morgan fingerprint density at radius 1 is 1.19 bits per heavy atom. The van der Waals surface area contributed by atoms with E-state index in [4.69, 9.17) is 0 Å². The van der Waals surface area contributed by atoms with Gasteiger partial charge in [-0.05, 0) is 6.92 Å². The maximum Gasteiger partial charge on any atom is 0.413 e. The topological polar surface area (TPSA) is 26.3 Å². The van der Waals surface area contributed by atoms with Crippen LogP contribution in [0.4, 0.5) is 26.3 Å². The summed E-state index contributed by atoms with van der Waals surface area (Å²) in [5.41, 5.74) is -4.57. The van der Waals surface area contributed by atoms with E-state index in [1.807, 2.05) is 0 Å². The van der Waals surface area contributed by atoms with E-state index >= 15 is 0 Å². The van der Waals surface area contributed by atoms with Crippen LogP contribution in [0.1, 0.15) is 6.92 Å². The van der Waals surface area contributed by atoms with Crippen molar-refractivity contribution in [1.82, 2.24) is 0 Å². The summed E-state index contributed by atoms with van der Waals surface area (Å²) in [6.07, 6.45) is -7.07. The number of terminal acetylenes is 1. The molecule has 0 unspecified atom stereocenters. The quantitative estimate of drug-likeness (QED) is 0.425. The second-order valence-electron chi connectivity index (χ2n) is 2.90. The van der Waals surface area contributed by atoms with Crippen molar-refractivity contribution in [1.29, 1.82) is 0 Å². The Morgan fingerprint density at radius 3 is 1.81 bits per heavy atom. The number of esters is 1. The van der Waals surface area contributed by atoms with E-state index in [0.717, 1.165) is 0 Å². The average molecular weight is 248 g/mol. The number of ether oxygens (including phenoxy) is 1. The molecule has 0 aromatic heterocycles. The number of hydrogen-bond donors (Lipinski definition) is 0. The predicted octanol–water partition coefficient (Wildman–Crippen LogP) is 2.29. The molecule has 0 fully saturated rings. The van der Waals surface area contributed by atoms with Gasteiger partial charge in [-0.15, -0.1) is 6.42 Å². The Kier molecular flexibility index (Phi) is 3.87. The lowest BCUT2D eigenvalue weighted by atomic mass is 9.89. The molecule has 16 heavy (non-hydrogen) atoms. The standard InChI is InChI=1S/C8H6F6O2/c1-3-4-16-5(15)6(2,7(9,10)11)8(12,13)14/h1H,4H2,2H3. The molecule has 0 radical (unpaired) electrons. The third-order valence-corrected chi connectivity index (χ3v) is 1.83. The highest BCUT2D eigenvalue weighted by molar-refractivity contribution is 5.78. The van der Waals surface area contributed by atoms with Crippen LogP contribution in [-0.4, -0.2) is 24.9 Å². The summed E-state index contributed by atoms with van der Waals surface area (Å²) in [6, 6.07) is 0. The van der Waals surface area contributed by atoms with Gasteiger partial charge in [0.25, 0.3) is 5.41 Å². The normalized spacial score (nSPS) is 13.1. The molecule has 0 rings (SSSR count). The Labute approximate surface area is 86.6 Å². The second kappa shape index (κ2) is 4.23. The fourth-order valence-electron chi connectivity index (χ4n) is 0.644. The summed E-state index contributed by atoms with van der Waals surface area (Å²) >= 11 is 0. The molecule has 0 aliphatic heterocycles. The molecule has 0 heterocycles. The molecule has 2 nitrogen and oxygen atoms in total. The molecule has 0 saturated heterocycles. The molecule has 0 aromatic carbocycles. The van der Waals surface area contributed by atoms with Crippen LogP contribution in [0.15, 0.2) is 0 Å². The van der Waals surface area contributed by atoms with Crippen LogP contribution >= 0.6 is 0 Å². The van der Waals surface area contributed by atoms with Gasteiger partial charge in [0.2, 0.25) is 0 Å². The molecular formula is C8H6F6O2. The molecule has 0 N–H and O–H groups in total. The van der Waals surface area contributed by atoms with Crippen LogP contribution < -0.4 is 0 Å². The van der Waals surface area contributed by atoms with Crippen molar-refractivity contribution in [3.05, 3.63) is 0 Å². The molecule has 0 bridgehead atoms. The van der Waals surface area contributed by atoms with Crippen molar-refractivity contribution >= 4 is 5.97 Å². The van der Waals surface area contributed by atoms with E-state index in [1.165, 1.54) is 0 Å². The molecule has 0 atom stereocenters. The Bertz CT molecular complexity index is 294. The van der Waals surface area contributed by atoms with E-state index in [2.05, 4.69) is 11.2 Å². The average Bonchev–Trinajstić information content (AvgIpc) is 2.08. The minimum absolute atomic E-state index is 0.300. The molecule has 8 heteroatoms. The lowest BCUT2D eigenvalue weighted by molar-refractivity contribution is -0.326. The lowest BCUT2D eigenvalue weighted by Crippen LogP contribution is -2.54. The summed E-state index contributed by atoms with van der Waals surface area (Å²) in [4.78, 5) is 10.8. The van der Waals surface area contributed by atoms with Gasteiger partial charge < -0.3 is 4.74 Å². The molecule has 0 amide bonds. The van der Waals surface area contributed by atoms with Gasteiger partial charge >= 0.3 is 18.3 Å². The third-order valence-electron chi connectivity index (χ3n) is 1.83. The highest BCUT2D eigenvalue weighted by Gasteiger charge is 2.73. The van der Waals surface area contributed by atoms with Crippen molar-refractivity contribution in [3.8, 4) is 12.3 Å². The number of halogens is 6. The largest absolute Gasteiger partial charge is 0.452 e.